The van der Waals surface area contributed by atoms with Gasteiger partial charge in [0.05, 0.1) is 10.4 Å². The highest BCUT2D eigenvalue weighted by atomic mass is 35.5. The van der Waals surface area contributed by atoms with Crippen LogP contribution in [0.15, 0.2) is 60.7 Å². The summed E-state index contributed by atoms with van der Waals surface area (Å²) in [4.78, 5) is 39.5. The average Bonchev–Trinajstić information content (AvgIpc) is 3.38. The smallest absolute Gasteiger partial charge is 0.236 e. The minimum Gasteiger partial charge on any atom is -0.370 e. The summed E-state index contributed by atoms with van der Waals surface area (Å²) >= 11 is 12.6. The average molecular weight is 611 g/mol. The van der Waals surface area contributed by atoms with E-state index < -0.39 is 23.1 Å². The third-order valence-electron chi connectivity index (χ3n) is 8.52. The summed E-state index contributed by atoms with van der Waals surface area (Å²) in [5, 5.41) is 6.42. The van der Waals surface area contributed by atoms with Gasteiger partial charge in [0.25, 0.3) is 0 Å². The topological polar surface area (TPSA) is 101 Å². The van der Waals surface area contributed by atoms with Gasteiger partial charge in [0.1, 0.15) is 5.82 Å². The fraction of sp³-hybridized carbons (Fsp3) is 0.364. The molecule has 0 unspecified atom stereocenters. The molecule has 6 nitrogen and oxygen atoms in total. The Labute approximate surface area is 255 Å². The van der Waals surface area contributed by atoms with E-state index in [9.17, 15) is 14.4 Å². The highest BCUT2D eigenvalue weighted by molar-refractivity contribution is 6.31. The first-order chi connectivity index (χ1) is 19.8. The molecule has 1 saturated carbocycles. The lowest BCUT2D eigenvalue weighted by molar-refractivity contribution is -0.123. The molecule has 0 aromatic heterocycles. The van der Waals surface area contributed by atoms with Crippen molar-refractivity contribution in [1.82, 2.24) is 0 Å². The van der Waals surface area contributed by atoms with E-state index in [1.165, 1.54) is 6.07 Å². The maximum atomic E-state index is 15.9. The first kappa shape index (κ1) is 30.1. The van der Waals surface area contributed by atoms with Crippen molar-refractivity contribution in [1.29, 1.82) is 0 Å². The number of amides is 3. The van der Waals surface area contributed by atoms with Gasteiger partial charge >= 0.3 is 0 Å². The summed E-state index contributed by atoms with van der Waals surface area (Å²) in [5.41, 5.74) is 6.85. The highest BCUT2D eigenvalue weighted by Gasteiger charge is 2.66. The standard InChI is InChI=1S/C33H34Cl2FN3O3/c1-32(2,3)17-19-15-23(30(41)38-21-11-7-18(8-12-21)9-14-27(37)40)28(22-5-4-6-25(35)29(22)36)33(19)24-13-10-20(34)16-26(24)39-31(33)42/h4-8,10-13,16,19,23,28H,9,14-15,17H2,1-3H3,(H2,37,40)(H,38,41)(H,39,42)/t19-,23+,28-,33-/m0/s1. The van der Waals surface area contributed by atoms with Crippen molar-refractivity contribution in [2.45, 2.75) is 57.8 Å². The maximum absolute atomic E-state index is 15.9. The molecule has 9 heteroatoms. The van der Waals surface area contributed by atoms with Gasteiger partial charge < -0.3 is 16.4 Å². The van der Waals surface area contributed by atoms with E-state index in [1.807, 2.05) is 18.2 Å². The number of nitrogens with two attached hydrogens (primary N) is 1. The lowest BCUT2D eigenvalue weighted by Crippen LogP contribution is -2.45. The zero-order chi connectivity index (χ0) is 30.4. The van der Waals surface area contributed by atoms with Crippen LogP contribution in [0.25, 0.3) is 0 Å². The van der Waals surface area contributed by atoms with Crippen molar-refractivity contribution in [2.75, 3.05) is 10.6 Å². The molecule has 5 rings (SSSR count). The molecule has 3 amide bonds. The minimum atomic E-state index is -1.22. The van der Waals surface area contributed by atoms with Gasteiger partial charge in [-0.1, -0.05) is 74.3 Å². The first-order valence-electron chi connectivity index (χ1n) is 14.0. The van der Waals surface area contributed by atoms with Crippen LogP contribution in [-0.4, -0.2) is 17.7 Å². The van der Waals surface area contributed by atoms with Crippen molar-refractivity contribution in [3.8, 4) is 0 Å². The Hall–Kier alpha value is -3.42. The Bertz CT molecular complexity index is 1550. The van der Waals surface area contributed by atoms with Gasteiger partial charge in [0, 0.05) is 34.7 Å². The lowest BCUT2D eigenvalue weighted by atomic mass is 9.62. The molecule has 2 aliphatic rings. The largest absolute Gasteiger partial charge is 0.370 e. The van der Waals surface area contributed by atoms with Gasteiger partial charge in [-0.05, 0) is 77.6 Å². The molecular weight excluding hydrogens is 576 g/mol. The minimum absolute atomic E-state index is 0.0673. The van der Waals surface area contributed by atoms with Crippen LogP contribution in [0.5, 0.6) is 0 Å². The zero-order valence-electron chi connectivity index (χ0n) is 23.8. The summed E-state index contributed by atoms with van der Waals surface area (Å²) in [5.74, 6) is -3.45. The Kier molecular flexibility index (Phi) is 8.12. The van der Waals surface area contributed by atoms with E-state index in [-0.39, 0.29) is 46.1 Å². The zero-order valence-corrected chi connectivity index (χ0v) is 25.3. The van der Waals surface area contributed by atoms with Crippen molar-refractivity contribution in [3.63, 3.8) is 0 Å². The molecule has 220 valence electrons. The molecule has 1 aliphatic heterocycles. The number of nitrogens with one attached hydrogen (secondary N) is 2. The Morgan fingerprint density at radius 3 is 2.48 bits per heavy atom. The number of hydrogen-bond donors (Lipinski definition) is 3. The van der Waals surface area contributed by atoms with Crippen LogP contribution < -0.4 is 16.4 Å². The van der Waals surface area contributed by atoms with Gasteiger partial charge in [-0.25, -0.2) is 4.39 Å². The van der Waals surface area contributed by atoms with Crippen molar-refractivity contribution in [3.05, 3.63) is 93.2 Å². The first-order valence-corrected chi connectivity index (χ1v) is 14.8. The van der Waals surface area contributed by atoms with Crippen LogP contribution in [0, 0.1) is 23.1 Å². The number of benzene rings is 3. The van der Waals surface area contributed by atoms with Gasteiger partial charge in [-0.3, -0.25) is 14.4 Å². The summed E-state index contributed by atoms with van der Waals surface area (Å²) in [7, 11) is 0. The monoisotopic (exact) mass is 609 g/mol. The number of primary amides is 1. The quantitative estimate of drug-likeness (QED) is 0.263. The molecule has 4 N–H and O–H groups in total. The fourth-order valence-electron chi connectivity index (χ4n) is 6.96. The Morgan fingerprint density at radius 2 is 1.81 bits per heavy atom. The molecule has 0 radical (unpaired) electrons. The van der Waals surface area contributed by atoms with E-state index >= 15 is 4.39 Å². The van der Waals surface area contributed by atoms with Crippen molar-refractivity contribution < 1.29 is 18.8 Å². The number of fused-ring (bicyclic) bond motifs is 2. The second-order valence-electron chi connectivity index (χ2n) is 12.6. The number of aryl methyl sites for hydroxylation is 1. The second-order valence-corrected chi connectivity index (χ2v) is 13.4. The Balaban J connectivity index is 1.62. The van der Waals surface area contributed by atoms with Crippen LogP contribution in [-0.2, 0) is 26.2 Å². The molecule has 0 bridgehead atoms. The number of rotatable bonds is 7. The predicted octanol–water partition coefficient (Wildman–Crippen LogP) is 7.24. The van der Waals surface area contributed by atoms with E-state index in [2.05, 4.69) is 31.4 Å². The van der Waals surface area contributed by atoms with Gasteiger partial charge in [-0.2, -0.15) is 0 Å². The molecule has 1 aliphatic carbocycles. The van der Waals surface area contributed by atoms with Gasteiger partial charge in [0.15, 0.2) is 0 Å². The SMILES string of the molecule is CC(C)(C)C[C@@H]1C[C@@H](C(=O)Nc2ccc(CCC(N)=O)cc2)[C@H](c2cccc(Cl)c2F)[C@]12C(=O)Nc1cc(Cl)ccc12. The number of halogens is 3. The molecule has 1 spiro atoms. The van der Waals surface area contributed by atoms with Crippen LogP contribution in [0.2, 0.25) is 10.0 Å². The Morgan fingerprint density at radius 1 is 1.10 bits per heavy atom. The number of carbonyl (C=O) groups excluding carboxylic acids is 3. The third-order valence-corrected chi connectivity index (χ3v) is 9.05. The molecule has 3 aromatic rings. The third kappa shape index (κ3) is 5.52. The molecule has 0 saturated heterocycles. The van der Waals surface area contributed by atoms with Crippen LogP contribution in [0.4, 0.5) is 15.8 Å². The molecule has 42 heavy (non-hydrogen) atoms. The molecule has 3 aromatic carbocycles. The van der Waals surface area contributed by atoms with Crippen LogP contribution in [0.1, 0.15) is 62.6 Å². The van der Waals surface area contributed by atoms with Crippen molar-refractivity contribution in [2.24, 2.45) is 23.0 Å². The van der Waals surface area contributed by atoms with Gasteiger partial charge in [0.2, 0.25) is 17.7 Å². The second kappa shape index (κ2) is 11.3. The highest BCUT2D eigenvalue weighted by Crippen LogP contribution is 2.64. The van der Waals surface area contributed by atoms with E-state index in [0.29, 0.717) is 41.2 Å². The molecular formula is C33H34Cl2FN3O3. The van der Waals surface area contributed by atoms with E-state index in [1.54, 1.807) is 36.4 Å². The van der Waals surface area contributed by atoms with Crippen LogP contribution in [0.3, 0.4) is 0 Å². The summed E-state index contributed by atoms with van der Waals surface area (Å²) in [6.45, 7) is 6.29. The summed E-state index contributed by atoms with van der Waals surface area (Å²) in [6, 6.07) is 17.2. The van der Waals surface area contributed by atoms with Crippen LogP contribution >= 0.6 is 23.2 Å². The number of anilines is 2. The maximum Gasteiger partial charge on any atom is 0.236 e. The van der Waals surface area contributed by atoms with Crippen molar-refractivity contribution >= 4 is 52.3 Å². The molecule has 1 fully saturated rings. The number of carbonyl (C=O) groups is 3. The predicted molar refractivity (Wildman–Crippen MR) is 164 cm³/mol. The summed E-state index contributed by atoms with van der Waals surface area (Å²) < 4.78 is 15.9. The van der Waals surface area contributed by atoms with Gasteiger partial charge in [-0.15, -0.1) is 0 Å². The van der Waals surface area contributed by atoms with E-state index in [4.69, 9.17) is 28.9 Å². The lowest BCUT2D eigenvalue weighted by Gasteiger charge is -2.39. The normalized spacial score (nSPS) is 23.1. The molecule has 4 atom stereocenters. The van der Waals surface area contributed by atoms with E-state index in [0.717, 1.165) is 5.56 Å². The fourth-order valence-corrected chi connectivity index (χ4v) is 7.32. The molecule has 1 heterocycles. The number of hydrogen-bond acceptors (Lipinski definition) is 3. The summed E-state index contributed by atoms with van der Waals surface area (Å²) in [6.07, 6.45) is 1.72.